The first-order valence-corrected chi connectivity index (χ1v) is 10.9. The standard InChI is InChI=1S/C25H28FN3O2/c1-3-28(4-2)25-22(24(27-31-25)19-10-12-20(26)13-11-19)17-29(21-14-15-21)23(30)16-18-8-6-5-7-9-18/h5-13,21H,3-4,14-17H2,1-2H3. The highest BCUT2D eigenvalue weighted by Crippen LogP contribution is 2.36. The lowest BCUT2D eigenvalue weighted by atomic mass is 10.1. The fraction of sp³-hybridized carbons (Fsp3) is 0.360. The van der Waals surface area contributed by atoms with E-state index >= 15 is 0 Å². The van der Waals surface area contributed by atoms with Crippen molar-refractivity contribution in [2.75, 3.05) is 18.0 Å². The Morgan fingerprint density at radius 2 is 1.74 bits per heavy atom. The summed E-state index contributed by atoms with van der Waals surface area (Å²) in [5.74, 6) is 0.489. The second kappa shape index (κ2) is 9.33. The van der Waals surface area contributed by atoms with Gasteiger partial charge in [0.1, 0.15) is 11.5 Å². The van der Waals surface area contributed by atoms with Gasteiger partial charge < -0.3 is 14.3 Å². The SMILES string of the molecule is CCN(CC)c1onc(-c2ccc(F)cc2)c1CN(C(=O)Cc1ccccc1)C1CC1. The largest absolute Gasteiger partial charge is 0.341 e. The zero-order chi connectivity index (χ0) is 21.8. The molecule has 0 atom stereocenters. The van der Waals surface area contributed by atoms with Crippen LogP contribution in [0.3, 0.4) is 0 Å². The van der Waals surface area contributed by atoms with Crippen LogP contribution in [0.4, 0.5) is 10.3 Å². The molecule has 0 aliphatic heterocycles. The number of amides is 1. The van der Waals surface area contributed by atoms with Gasteiger partial charge in [0.2, 0.25) is 11.8 Å². The molecule has 0 radical (unpaired) electrons. The van der Waals surface area contributed by atoms with Crippen LogP contribution in [-0.2, 0) is 17.8 Å². The van der Waals surface area contributed by atoms with Crippen molar-refractivity contribution < 1.29 is 13.7 Å². The Morgan fingerprint density at radius 3 is 2.35 bits per heavy atom. The fourth-order valence-electron chi connectivity index (χ4n) is 3.89. The molecule has 1 aromatic heterocycles. The first-order chi connectivity index (χ1) is 15.1. The van der Waals surface area contributed by atoms with Gasteiger partial charge in [-0.15, -0.1) is 0 Å². The van der Waals surface area contributed by atoms with Gasteiger partial charge in [0.15, 0.2) is 0 Å². The number of rotatable bonds is 9. The molecule has 0 bridgehead atoms. The van der Waals surface area contributed by atoms with Crippen molar-refractivity contribution in [1.82, 2.24) is 10.1 Å². The highest BCUT2D eigenvalue weighted by molar-refractivity contribution is 5.80. The van der Waals surface area contributed by atoms with Crippen molar-refractivity contribution >= 4 is 11.8 Å². The molecule has 3 aromatic rings. The van der Waals surface area contributed by atoms with Crippen LogP contribution in [0.15, 0.2) is 59.1 Å². The summed E-state index contributed by atoms with van der Waals surface area (Å²) < 4.78 is 19.2. The number of benzene rings is 2. The predicted molar refractivity (Wildman–Crippen MR) is 119 cm³/mol. The number of anilines is 1. The fourth-order valence-corrected chi connectivity index (χ4v) is 3.89. The summed E-state index contributed by atoms with van der Waals surface area (Å²) in [5, 5.41) is 4.33. The van der Waals surface area contributed by atoms with Gasteiger partial charge in [0.05, 0.1) is 18.5 Å². The minimum absolute atomic E-state index is 0.102. The lowest BCUT2D eigenvalue weighted by Crippen LogP contribution is -2.34. The topological polar surface area (TPSA) is 49.6 Å². The molecule has 1 saturated carbocycles. The molecule has 1 amide bonds. The average Bonchev–Trinajstić information content (AvgIpc) is 3.55. The molecule has 1 aliphatic carbocycles. The van der Waals surface area contributed by atoms with Crippen molar-refractivity contribution in [2.24, 2.45) is 0 Å². The van der Waals surface area contributed by atoms with E-state index in [0.29, 0.717) is 24.5 Å². The van der Waals surface area contributed by atoms with E-state index in [1.807, 2.05) is 35.2 Å². The van der Waals surface area contributed by atoms with Crippen LogP contribution in [0.25, 0.3) is 11.3 Å². The van der Waals surface area contributed by atoms with Gasteiger partial charge in [-0.25, -0.2) is 4.39 Å². The van der Waals surface area contributed by atoms with Gasteiger partial charge in [0.25, 0.3) is 0 Å². The van der Waals surface area contributed by atoms with E-state index in [-0.39, 0.29) is 17.8 Å². The van der Waals surface area contributed by atoms with Gasteiger partial charge in [-0.05, 0) is 56.5 Å². The molecule has 6 heteroatoms. The van der Waals surface area contributed by atoms with Crippen molar-refractivity contribution in [2.45, 2.75) is 45.7 Å². The van der Waals surface area contributed by atoms with Crippen LogP contribution in [0.2, 0.25) is 0 Å². The molecule has 0 spiro atoms. The normalized spacial score (nSPS) is 13.3. The van der Waals surface area contributed by atoms with E-state index in [0.717, 1.165) is 42.6 Å². The summed E-state index contributed by atoms with van der Waals surface area (Å²) >= 11 is 0. The summed E-state index contributed by atoms with van der Waals surface area (Å²) in [4.78, 5) is 17.3. The molecule has 4 rings (SSSR count). The molecule has 1 fully saturated rings. The molecular weight excluding hydrogens is 393 g/mol. The Labute approximate surface area is 182 Å². The van der Waals surface area contributed by atoms with E-state index in [4.69, 9.17) is 4.52 Å². The smallest absolute Gasteiger partial charge is 0.232 e. The lowest BCUT2D eigenvalue weighted by molar-refractivity contribution is -0.131. The Balaban J connectivity index is 1.67. The summed E-state index contributed by atoms with van der Waals surface area (Å²) in [6.45, 7) is 6.09. The maximum atomic E-state index is 13.5. The van der Waals surface area contributed by atoms with E-state index in [1.165, 1.54) is 12.1 Å². The summed E-state index contributed by atoms with van der Waals surface area (Å²) in [6.07, 6.45) is 2.39. The second-order valence-corrected chi connectivity index (χ2v) is 7.91. The molecule has 1 heterocycles. The molecule has 0 unspecified atom stereocenters. The highest BCUT2D eigenvalue weighted by atomic mass is 19.1. The molecule has 5 nitrogen and oxygen atoms in total. The molecule has 0 saturated heterocycles. The summed E-state index contributed by atoms with van der Waals surface area (Å²) in [5.41, 5.74) is 3.33. The van der Waals surface area contributed by atoms with Crippen LogP contribution >= 0.6 is 0 Å². The highest BCUT2D eigenvalue weighted by Gasteiger charge is 2.35. The number of hydrogen-bond donors (Lipinski definition) is 0. The molecule has 2 aromatic carbocycles. The van der Waals surface area contributed by atoms with Crippen molar-refractivity contribution in [1.29, 1.82) is 0 Å². The molecule has 162 valence electrons. The van der Waals surface area contributed by atoms with E-state index in [1.54, 1.807) is 12.1 Å². The van der Waals surface area contributed by atoms with Crippen molar-refractivity contribution in [3.8, 4) is 11.3 Å². The number of aromatic nitrogens is 1. The summed E-state index contributed by atoms with van der Waals surface area (Å²) in [7, 11) is 0. The minimum Gasteiger partial charge on any atom is -0.341 e. The quantitative estimate of drug-likeness (QED) is 0.485. The van der Waals surface area contributed by atoms with Gasteiger partial charge in [-0.2, -0.15) is 0 Å². The lowest BCUT2D eigenvalue weighted by Gasteiger charge is -2.25. The molecule has 0 N–H and O–H groups in total. The molecule has 1 aliphatic rings. The third-order valence-corrected chi connectivity index (χ3v) is 5.77. The van der Waals surface area contributed by atoms with Crippen LogP contribution in [0.5, 0.6) is 0 Å². The third-order valence-electron chi connectivity index (χ3n) is 5.77. The van der Waals surface area contributed by atoms with Crippen LogP contribution in [0.1, 0.15) is 37.8 Å². The number of carbonyl (C=O) groups is 1. The number of carbonyl (C=O) groups excluding carboxylic acids is 1. The van der Waals surface area contributed by atoms with Crippen LogP contribution in [-0.4, -0.2) is 35.1 Å². The van der Waals surface area contributed by atoms with Crippen LogP contribution < -0.4 is 4.90 Å². The molecular formula is C25H28FN3O2. The zero-order valence-corrected chi connectivity index (χ0v) is 18.1. The van der Waals surface area contributed by atoms with Crippen molar-refractivity contribution in [3.63, 3.8) is 0 Å². The minimum atomic E-state index is -0.296. The Kier molecular flexibility index (Phi) is 6.35. The maximum absolute atomic E-state index is 13.5. The molecule has 31 heavy (non-hydrogen) atoms. The number of halogens is 1. The number of hydrogen-bond acceptors (Lipinski definition) is 4. The Morgan fingerprint density at radius 1 is 1.06 bits per heavy atom. The predicted octanol–water partition coefficient (Wildman–Crippen LogP) is 5.06. The zero-order valence-electron chi connectivity index (χ0n) is 18.1. The van der Waals surface area contributed by atoms with Gasteiger partial charge in [0, 0.05) is 24.7 Å². The Hall–Kier alpha value is -3.15. The Bertz CT molecular complexity index is 1010. The maximum Gasteiger partial charge on any atom is 0.232 e. The second-order valence-electron chi connectivity index (χ2n) is 7.91. The number of nitrogens with zero attached hydrogens (tertiary/aromatic N) is 3. The van der Waals surface area contributed by atoms with Gasteiger partial charge in [-0.3, -0.25) is 4.79 Å². The van der Waals surface area contributed by atoms with E-state index in [9.17, 15) is 9.18 Å². The van der Waals surface area contributed by atoms with Crippen LogP contribution in [0, 0.1) is 5.82 Å². The van der Waals surface area contributed by atoms with E-state index in [2.05, 4.69) is 23.9 Å². The monoisotopic (exact) mass is 421 g/mol. The van der Waals surface area contributed by atoms with E-state index < -0.39 is 0 Å². The average molecular weight is 422 g/mol. The summed E-state index contributed by atoms with van der Waals surface area (Å²) in [6, 6.07) is 16.3. The van der Waals surface area contributed by atoms with Gasteiger partial charge >= 0.3 is 0 Å². The van der Waals surface area contributed by atoms with Crippen molar-refractivity contribution in [3.05, 3.63) is 71.5 Å². The van der Waals surface area contributed by atoms with Gasteiger partial charge in [-0.1, -0.05) is 35.5 Å². The first kappa shape index (κ1) is 21.1. The third kappa shape index (κ3) is 4.79. The first-order valence-electron chi connectivity index (χ1n) is 10.9.